The standard InChI is InChI=1S/C30H25F4N5O3/c1-17-4-2-3-5-21(17)27(28(41)37-20-14-30(33,34)15-20)39(24-13-19(31)6-7-22(24)32)29(42)23-8-9-26(40)38(23)25-12-18(16-35)10-11-36-25/h2-7,10-13,20,23,27H,8-9,14-15H2,1H3,(H,37,41). The maximum Gasteiger partial charge on any atom is 0.252 e. The van der Waals surface area contributed by atoms with Crippen LogP contribution in [0.2, 0.25) is 0 Å². The molecule has 5 rings (SSSR count). The number of pyridine rings is 1. The molecule has 42 heavy (non-hydrogen) atoms. The predicted molar refractivity (Wildman–Crippen MR) is 143 cm³/mol. The third-order valence-electron chi connectivity index (χ3n) is 7.45. The maximum atomic E-state index is 15.4. The fourth-order valence-corrected chi connectivity index (χ4v) is 5.38. The van der Waals surface area contributed by atoms with Gasteiger partial charge in [0, 0.05) is 37.6 Å². The number of halogens is 4. The van der Waals surface area contributed by atoms with E-state index in [1.54, 1.807) is 25.1 Å². The van der Waals surface area contributed by atoms with Crippen molar-refractivity contribution in [1.82, 2.24) is 10.3 Å². The molecule has 1 saturated heterocycles. The minimum atomic E-state index is -2.95. The van der Waals surface area contributed by atoms with Crippen molar-refractivity contribution in [1.29, 1.82) is 5.26 Å². The quantitative estimate of drug-likeness (QED) is 0.408. The molecule has 1 aromatic heterocycles. The highest BCUT2D eigenvalue weighted by Gasteiger charge is 2.49. The molecular weight excluding hydrogens is 554 g/mol. The van der Waals surface area contributed by atoms with Gasteiger partial charge in [0.2, 0.25) is 11.8 Å². The molecule has 0 spiro atoms. The van der Waals surface area contributed by atoms with E-state index in [9.17, 15) is 32.8 Å². The predicted octanol–water partition coefficient (Wildman–Crippen LogP) is 4.72. The molecule has 1 saturated carbocycles. The summed E-state index contributed by atoms with van der Waals surface area (Å²) < 4.78 is 57.2. The lowest BCUT2D eigenvalue weighted by Crippen LogP contribution is -2.56. The Balaban J connectivity index is 1.64. The van der Waals surface area contributed by atoms with Crippen molar-refractivity contribution in [2.24, 2.45) is 0 Å². The Labute approximate surface area is 238 Å². The van der Waals surface area contributed by atoms with Crippen molar-refractivity contribution in [2.75, 3.05) is 9.80 Å². The third kappa shape index (κ3) is 5.54. The zero-order valence-corrected chi connectivity index (χ0v) is 22.4. The van der Waals surface area contributed by atoms with Crippen LogP contribution in [0.4, 0.5) is 29.1 Å². The lowest BCUT2D eigenvalue weighted by Gasteiger charge is -2.39. The molecule has 0 radical (unpaired) electrons. The van der Waals surface area contributed by atoms with Crippen LogP contribution in [0, 0.1) is 29.9 Å². The lowest BCUT2D eigenvalue weighted by atomic mass is 9.87. The molecule has 216 valence electrons. The number of benzene rings is 2. The molecule has 8 nitrogen and oxygen atoms in total. The van der Waals surface area contributed by atoms with Crippen molar-refractivity contribution in [3.63, 3.8) is 0 Å². The smallest absolute Gasteiger partial charge is 0.252 e. The summed E-state index contributed by atoms with van der Waals surface area (Å²) in [6, 6.07) is 9.74. The van der Waals surface area contributed by atoms with Gasteiger partial charge < -0.3 is 5.32 Å². The minimum Gasteiger partial charge on any atom is -0.351 e. The highest BCUT2D eigenvalue weighted by molar-refractivity contribution is 6.10. The van der Waals surface area contributed by atoms with Crippen molar-refractivity contribution < 1.29 is 31.9 Å². The van der Waals surface area contributed by atoms with Gasteiger partial charge in [0.15, 0.2) is 0 Å². The van der Waals surface area contributed by atoms with Crippen molar-refractivity contribution in [2.45, 2.75) is 56.7 Å². The van der Waals surface area contributed by atoms with E-state index in [0.717, 1.165) is 28.0 Å². The number of nitrogens with zero attached hydrogens (tertiary/aromatic N) is 4. The summed E-state index contributed by atoms with van der Waals surface area (Å²) in [5.41, 5.74) is 0.376. The number of carbonyl (C=O) groups is 3. The van der Waals surface area contributed by atoms with Gasteiger partial charge in [-0.3, -0.25) is 24.2 Å². The molecule has 2 aromatic carbocycles. The first-order valence-corrected chi connectivity index (χ1v) is 13.2. The van der Waals surface area contributed by atoms with E-state index in [2.05, 4.69) is 10.3 Å². The van der Waals surface area contributed by atoms with Crippen LogP contribution in [-0.4, -0.2) is 40.7 Å². The average molecular weight is 580 g/mol. The molecule has 2 atom stereocenters. The van der Waals surface area contributed by atoms with Gasteiger partial charge in [-0.15, -0.1) is 0 Å². The summed E-state index contributed by atoms with van der Waals surface area (Å²) >= 11 is 0. The molecule has 3 aromatic rings. The summed E-state index contributed by atoms with van der Waals surface area (Å²) in [5.74, 6) is -7.15. The number of alkyl halides is 2. The first-order valence-electron chi connectivity index (χ1n) is 13.2. The van der Waals surface area contributed by atoms with Crippen LogP contribution in [0.3, 0.4) is 0 Å². The number of aryl methyl sites for hydroxylation is 1. The summed E-state index contributed by atoms with van der Waals surface area (Å²) in [5, 5.41) is 11.9. The Morgan fingerprint density at radius 2 is 1.88 bits per heavy atom. The molecule has 2 aliphatic rings. The van der Waals surface area contributed by atoms with Gasteiger partial charge in [-0.25, -0.2) is 22.5 Å². The second kappa shape index (κ2) is 11.2. The number of anilines is 2. The van der Waals surface area contributed by atoms with E-state index in [4.69, 9.17) is 0 Å². The molecule has 0 bridgehead atoms. The number of carbonyl (C=O) groups excluding carboxylic acids is 3. The summed E-state index contributed by atoms with van der Waals surface area (Å²) in [6.45, 7) is 1.65. The van der Waals surface area contributed by atoms with Gasteiger partial charge in [0.1, 0.15) is 29.5 Å². The van der Waals surface area contributed by atoms with E-state index < -0.39 is 71.9 Å². The van der Waals surface area contributed by atoms with Crippen molar-refractivity contribution in [3.05, 3.63) is 89.1 Å². The Hall–Kier alpha value is -4.79. The topological polar surface area (TPSA) is 106 Å². The monoisotopic (exact) mass is 579 g/mol. The van der Waals surface area contributed by atoms with E-state index in [1.165, 1.54) is 24.4 Å². The molecular formula is C30H25F4N5O3. The second-order valence-electron chi connectivity index (χ2n) is 10.4. The minimum absolute atomic E-state index is 0.00292. The molecule has 2 unspecified atom stereocenters. The molecule has 2 fully saturated rings. The van der Waals surface area contributed by atoms with Crippen LogP contribution in [0.1, 0.15) is 48.4 Å². The largest absolute Gasteiger partial charge is 0.351 e. The van der Waals surface area contributed by atoms with Crippen molar-refractivity contribution >= 4 is 29.2 Å². The molecule has 3 amide bonds. The summed E-state index contributed by atoms with van der Waals surface area (Å²) in [4.78, 5) is 47.3. The number of aromatic nitrogens is 1. The van der Waals surface area contributed by atoms with E-state index >= 15 is 4.39 Å². The number of hydrogen-bond donors (Lipinski definition) is 1. The van der Waals surface area contributed by atoms with Crippen LogP contribution >= 0.6 is 0 Å². The van der Waals surface area contributed by atoms with Crippen LogP contribution in [0.15, 0.2) is 60.8 Å². The van der Waals surface area contributed by atoms with Crippen LogP contribution in [0.25, 0.3) is 0 Å². The highest BCUT2D eigenvalue weighted by Crippen LogP contribution is 2.39. The van der Waals surface area contributed by atoms with Crippen LogP contribution in [0.5, 0.6) is 0 Å². The Morgan fingerprint density at radius 3 is 2.57 bits per heavy atom. The number of nitriles is 1. The molecule has 1 N–H and O–H groups in total. The van der Waals surface area contributed by atoms with Gasteiger partial charge in [-0.1, -0.05) is 24.3 Å². The molecule has 2 heterocycles. The number of amides is 3. The Morgan fingerprint density at radius 1 is 1.14 bits per heavy atom. The van der Waals surface area contributed by atoms with Gasteiger partial charge in [-0.2, -0.15) is 5.26 Å². The third-order valence-corrected chi connectivity index (χ3v) is 7.45. The number of nitrogens with one attached hydrogen (secondary N) is 1. The van der Waals surface area contributed by atoms with Crippen molar-refractivity contribution in [3.8, 4) is 6.07 Å². The molecule has 12 heteroatoms. The molecule has 1 aliphatic heterocycles. The average Bonchev–Trinajstić information content (AvgIpc) is 3.33. The molecule has 1 aliphatic carbocycles. The van der Waals surface area contributed by atoms with Gasteiger partial charge in [0.05, 0.1) is 17.3 Å². The maximum absolute atomic E-state index is 15.4. The first kappa shape index (κ1) is 28.7. The first-order chi connectivity index (χ1) is 20.0. The van der Waals surface area contributed by atoms with E-state index in [-0.39, 0.29) is 29.8 Å². The van der Waals surface area contributed by atoms with Gasteiger partial charge in [0.25, 0.3) is 11.8 Å². The number of rotatable bonds is 7. The lowest BCUT2D eigenvalue weighted by molar-refractivity contribution is -0.133. The van der Waals surface area contributed by atoms with Crippen LogP contribution in [-0.2, 0) is 14.4 Å². The van der Waals surface area contributed by atoms with Gasteiger partial charge in [-0.05, 0) is 48.7 Å². The zero-order chi connectivity index (χ0) is 30.2. The normalized spacial score (nSPS) is 18.6. The fourth-order valence-electron chi connectivity index (χ4n) is 5.38. The zero-order valence-electron chi connectivity index (χ0n) is 22.4. The Kier molecular flexibility index (Phi) is 7.69. The Bertz CT molecular complexity index is 1600. The second-order valence-corrected chi connectivity index (χ2v) is 10.4. The highest BCUT2D eigenvalue weighted by atomic mass is 19.3. The number of hydrogen-bond acceptors (Lipinski definition) is 5. The van der Waals surface area contributed by atoms with E-state index in [1.807, 2.05) is 6.07 Å². The van der Waals surface area contributed by atoms with Crippen LogP contribution < -0.4 is 15.1 Å². The fraction of sp³-hybridized carbons (Fsp3) is 0.300. The SMILES string of the molecule is Cc1ccccc1C(C(=O)NC1CC(F)(F)C1)N(C(=O)C1CCC(=O)N1c1cc(C#N)ccn1)c1cc(F)ccc1F. The summed E-state index contributed by atoms with van der Waals surface area (Å²) in [6.07, 6.45) is -0.0448. The van der Waals surface area contributed by atoms with Gasteiger partial charge >= 0.3 is 0 Å². The van der Waals surface area contributed by atoms with E-state index in [0.29, 0.717) is 5.56 Å². The summed E-state index contributed by atoms with van der Waals surface area (Å²) in [7, 11) is 0.